The van der Waals surface area contributed by atoms with Gasteiger partial charge in [-0.2, -0.15) is 0 Å². The predicted octanol–water partition coefficient (Wildman–Crippen LogP) is 4.95. The number of hydrogen-bond donors (Lipinski definition) is 0. The summed E-state index contributed by atoms with van der Waals surface area (Å²) in [7, 11) is 0. The number of carbonyl (C=O) groups excluding carboxylic acids is 1. The van der Waals surface area contributed by atoms with Gasteiger partial charge in [0.2, 0.25) is 0 Å². The second-order valence-electron chi connectivity index (χ2n) is 4.49. The number of hydrogen-bond acceptors (Lipinski definition) is 1. The third kappa shape index (κ3) is 4.96. The van der Waals surface area contributed by atoms with Crippen molar-refractivity contribution in [1.29, 1.82) is 0 Å². The summed E-state index contributed by atoms with van der Waals surface area (Å²) in [6, 6.07) is 19.7. The fourth-order valence-corrected chi connectivity index (χ4v) is 1.51. The minimum absolute atomic E-state index is 0. The van der Waals surface area contributed by atoms with Gasteiger partial charge in [0.05, 0.1) is 0 Å². The lowest BCUT2D eigenvalue weighted by Gasteiger charge is -2.01. The van der Waals surface area contributed by atoms with Crippen LogP contribution in [0.1, 0.15) is 44.0 Å². The first-order valence-electron chi connectivity index (χ1n) is 6.22. The van der Waals surface area contributed by atoms with Crippen LogP contribution in [0.4, 0.5) is 0 Å². The van der Waals surface area contributed by atoms with Gasteiger partial charge >= 0.3 is 0 Å². The zero-order valence-corrected chi connectivity index (χ0v) is 11.3. The highest BCUT2D eigenvalue weighted by atomic mass is 16.1. The molecule has 0 aliphatic rings. The van der Waals surface area contributed by atoms with Crippen LogP contribution in [-0.2, 0) is 0 Å². The van der Waals surface area contributed by atoms with Gasteiger partial charge in [0.25, 0.3) is 0 Å². The molecule has 0 aliphatic heterocycles. The van der Waals surface area contributed by atoms with Gasteiger partial charge in [-0.1, -0.05) is 74.5 Å². The van der Waals surface area contributed by atoms with Crippen LogP contribution in [0.5, 0.6) is 0 Å². The van der Waals surface area contributed by atoms with E-state index in [9.17, 15) is 4.79 Å². The lowest BCUT2D eigenvalue weighted by atomic mass is 10.0. The van der Waals surface area contributed by atoms with Gasteiger partial charge in [-0.25, -0.2) is 0 Å². The van der Waals surface area contributed by atoms with Crippen molar-refractivity contribution in [2.24, 2.45) is 0 Å². The molecule has 0 bridgehead atoms. The molecular weight excluding hydrogens is 220 g/mol. The highest BCUT2D eigenvalue weighted by Crippen LogP contribution is 2.11. The first-order valence-corrected chi connectivity index (χ1v) is 6.22. The van der Waals surface area contributed by atoms with E-state index in [2.05, 4.69) is 38.1 Å². The minimum atomic E-state index is 0. The first-order chi connectivity index (χ1) is 8.61. The third-order valence-electron chi connectivity index (χ3n) is 2.65. The molecule has 0 heterocycles. The van der Waals surface area contributed by atoms with Crippen molar-refractivity contribution in [2.45, 2.75) is 26.7 Å². The summed E-state index contributed by atoms with van der Waals surface area (Å²) in [6.45, 7) is 5.97. The minimum Gasteiger partial charge on any atom is -0.295 e. The zero-order chi connectivity index (χ0) is 13.4. The van der Waals surface area contributed by atoms with Crippen molar-refractivity contribution >= 4 is 5.78 Å². The standard InChI is InChI=1S/C9H12.C8H8O.H2/c1-8(2)9-6-4-3-5-7-9;1-7(9)8-5-3-2-4-6-8;/h3-8H,1-2H3;2-6H,1H3;1H. The molecule has 0 radical (unpaired) electrons. The number of ketones is 1. The van der Waals surface area contributed by atoms with Crippen molar-refractivity contribution in [3.05, 3.63) is 71.8 Å². The maximum absolute atomic E-state index is 10.6. The maximum Gasteiger partial charge on any atom is 0.159 e. The number of benzene rings is 2. The van der Waals surface area contributed by atoms with Crippen LogP contribution < -0.4 is 0 Å². The molecule has 0 unspecified atom stereocenters. The fourth-order valence-electron chi connectivity index (χ4n) is 1.51. The van der Waals surface area contributed by atoms with E-state index in [1.54, 1.807) is 6.92 Å². The maximum atomic E-state index is 10.6. The van der Waals surface area contributed by atoms with Crippen molar-refractivity contribution in [3.63, 3.8) is 0 Å². The zero-order valence-electron chi connectivity index (χ0n) is 11.3. The highest BCUT2D eigenvalue weighted by Gasteiger charge is 1.93. The number of Topliss-reactive ketones (excluding diaryl/α,β-unsaturated/α-hetero) is 1. The monoisotopic (exact) mass is 242 g/mol. The van der Waals surface area contributed by atoms with E-state index >= 15 is 0 Å². The summed E-state index contributed by atoms with van der Waals surface area (Å²) in [5.41, 5.74) is 2.19. The molecular formula is C17H22O. The summed E-state index contributed by atoms with van der Waals surface area (Å²) in [5, 5.41) is 0. The Morgan fingerprint density at radius 2 is 1.33 bits per heavy atom. The van der Waals surface area contributed by atoms with E-state index in [4.69, 9.17) is 0 Å². The fraction of sp³-hybridized carbons (Fsp3) is 0.235. The Morgan fingerprint density at radius 1 is 0.889 bits per heavy atom. The number of rotatable bonds is 2. The van der Waals surface area contributed by atoms with Crippen molar-refractivity contribution < 1.29 is 6.22 Å². The Labute approximate surface area is 111 Å². The van der Waals surface area contributed by atoms with Crippen LogP contribution in [0.2, 0.25) is 0 Å². The molecule has 0 saturated heterocycles. The van der Waals surface area contributed by atoms with Crippen molar-refractivity contribution in [1.82, 2.24) is 0 Å². The van der Waals surface area contributed by atoms with E-state index in [1.165, 1.54) is 5.56 Å². The van der Waals surface area contributed by atoms with Gasteiger partial charge in [-0.3, -0.25) is 4.79 Å². The molecule has 0 saturated carbocycles. The molecule has 1 heteroatoms. The van der Waals surface area contributed by atoms with Crippen LogP contribution in [0, 0.1) is 0 Å². The van der Waals surface area contributed by atoms with Gasteiger partial charge in [0, 0.05) is 6.99 Å². The SMILES string of the molecule is CC(=O)c1ccccc1.CC(C)c1ccccc1.[HH]. The Balaban J connectivity index is 0.000000324. The molecule has 0 aromatic heterocycles. The average molecular weight is 242 g/mol. The summed E-state index contributed by atoms with van der Waals surface area (Å²) in [6.07, 6.45) is 0. The van der Waals surface area contributed by atoms with E-state index in [0.717, 1.165) is 5.56 Å². The Bertz CT molecular complexity index is 463. The van der Waals surface area contributed by atoms with Crippen LogP contribution in [0.25, 0.3) is 0 Å². The lowest BCUT2D eigenvalue weighted by molar-refractivity contribution is 0.101. The number of carbonyl (C=O) groups is 1. The predicted molar refractivity (Wildman–Crippen MR) is 79.1 cm³/mol. The molecule has 2 aromatic rings. The summed E-state index contributed by atoms with van der Waals surface area (Å²) in [4.78, 5) is 10.6. The van der Waals surface area contributed by atoms with Crippen LogP contribution in [0.3, 0.4) is 0 Å². The molecule has 0 spiro atoms. The quantitative estimate of drug-likeness (QED) is 0.681. The van der Waals surface area contributed by atoms with Crippen LogP contribution in [0.15, 0.2) is 60.7 Å². The molecule has 0 N–H and O–H groups in total. The van der Waals surface area contributed by atoms with Crippen LogP contribution >= 0.6 is 0 Å². The lowest BCUT2D eigenvalue weighted by Crippen LogP contribution is -1.88. The van der Waals surface area contributed by atoms with Crippen molar-refractivity contribution in [2.75, 3.05) is 0 Å². The smallest absolute Gasteiger partial charge is 0.159 e. The first kappa shape index (κ1) is 14.2. The molecule has 0 amide bonds. The second kappa shape index (κ2) is 7.44. The van der Waals surface area contributed by atoms with Gasteiger partial charge in [0.1, 0.15) is 0 Å². The Morgan fingerprint density at radius 3 is 1.61 bits per heavy atom. The molecule has 0 fully saturated rings. The molecule has 18 heavy (non-hydrogen) atoms. The normalized spacial score (nSPS) is 9.56. The van der Waals surface area contributed by atoms with E-state index < -0.39 is 0 Å². The molecule has 1 nitrogen and oxygen atoms in total. The summed E-state index contributed by atoms with van der Waals surface area (Å²) in [5.74, 6) is 0.779. The van der Waals surface area contributed by atoms with Gasteiger partial charge in [-0.05, 0) is 18.4 Å². The van der Waals surface area contributed by atoms with Crippen molar-refractivity contribution in [3.8, 4) is 0 Å². The summed E-state index contributed by atoms with van der Waals surface area (Å²) < 4.78 is 0. The van der Waals surface area contributed by atoms with E-state index in [0.29, 0.717) is 5.92 Å². The van der Waals surface area contributed by atoms with Gasteiger partial charge in [0.15, 0.2) is 5.78 Å². The molecule has 2 aromatic carbocycles. The second-order valence-corrected chi connectivity index (χ2v) is 4.49. The van der Waals surface area contributed by atoms with E-state index in [-0.39, 0.29) is 7.21 Å². The summed E-state index contributed by atoms with van der Waals surface area (Å²) >= 11 is 0. The third-order valence-corrected chi connectivity index (χ3v) is 2.65. The average Bonchev–Trinajstić information content (AvgIpc) is 2.41. The molecule has 2 rings (SSSR count). The Kier molecular flexibility index (Phi) is 5.86. The van der Waals surface area contributed by atoms with Crippen LogP contribution in [-0.4, -0.2) is 5.78 Å². The van der Waals surface area contributed by atoms with Gasteiger partial charge in [-0.15, -0.1) is 0 Å². The molecule has 96 valence electrons. The van der Waals surface area contributed by atoms with E-state index in [1.807, 2.05) is 36.4 Å². The molecule has 0 aliphatic carbocycles. The largest absolute Gasteiger partial charge is 0.295 e. The Hall–Kier alpha value is -1.89. The van der Waals surface area contributed by atoms with Gasteiger partial charge < -0.3 is 0 Å². The highest BCUT2D eigenvalue weighted by molar-refractivity contribution is 5.93. The topological polar surface area (TPSA) is 17.1 Å². The molecule has 0 atom stereocenters.